The number of hydrogen-bond acceptors (Lipinski definition) is 6. The fraction of sp³-hybridized carbons (Fsp3) is 0.242. The Morgan fingerprint density at radius 2 is 1.78 bits per heavy atom. The summed E-state index contributed by atoms with van der Waals surface area (Å²) in [5, 5.41) is 22.8. The Morgan fingerprint density at radius 1 is 0.951 bits per heavy atom. The minimum atomic E-state index is -1.10. The van der Waals surface area contributed by atoms with E-state index >= 15 is 0 Å². The molecule has 0 atom stereocenters. The molecular formula is C33H34N4O4. The number of aromatic carboxylic acids is 1. The summed E-state index contributed by atoms with van der Waals surface area (Å²) < 4.78 is 7.82. The number of aliphatic hydroxyl groups excluding tert-OH is 1. The second-order valence-corrected chi connectivity index (χ2v) is 10.2. The summed E-state index contributed by atoms with van der Waals surface area (Å²) in [5.74, 6) is -0.550. The molecule has 0 bridgehead atoms. The lowest BCUT2D eigenvalue weighted by Crippen LogP contribution is -2.13. The van der Waals surface area contributed by atoms with Crippen molar-refractivity contribution in [2.45, 2.75) is 46.4 Å². The molecule has 0 saturated carbocycles. The number of ether oxygens (including phenoxy) is 1. The maximum absolute atomic E-state index is 12.2. The van der Waals surface area contributed by atoms with Crippen molar-refractivity contribution in [1.82, 2.24) is 14.5 Å². The molecule has 5 rings (SSSR count). The highest BCUT2D eigenvalue weighted by atomic mass is 16.5. The van der Waals surface area contributed by atoms with Gasteiger partial charge in [0.05, 0.1) is 17.6 Å². The van der Waals surface area contributed by atoms with E-state index in [1.54, 1.807) is 4.57 Å². The van der Waals surface area contributed by atoms with Crippen LogP contribution in [0.2, 0.25) is 0 Å². The average Bonchev–Trinajstić information content (AvgIpc) is 3.33. The molecule has 0 unspecified atom stereocenters. The maximum atomic E-state index is 12.2. The molecule has 0 aliphatic rings. The smallest absolute Gasteiger partial charge is 0.372 e. The van der Waals surface area contributed by atoms with Crippen LogP contribution in [0, 0.1) is 13.8 Å². The first-order valence-electron chi connectivity index (χ1n) is 13.7. The zero-order chi connectivity index (χ0) is 28.8. The summed E-state index contributed by atoms with van der Waals surface area (Å²) in [6.07, 6.45) is 1.48. The van der Waals surface area contributed by atoms with E-state index in [1.807, 2.05) is 67.6 Å². The third-order valence-electron chi connectivity index (χ3n) is 6.97. The van der Waals surface area contributed by atoms with E-state index in [4.69, 9.17) is 9.72 Å². The number of fused-ring (bicyclic) bond motifs is 1. The highest BCUT2D eigenvalue weighted by Gasteiger charge is 2.20. The predicted octanol–water partition coefficient (Wildman–Crippen LogP) is 5.91. The number of benzene rings is 3. The quantitative estimate of drug-likeness (QED) is 0.177. The predicted molar refractivity (Wildman–Crippen MR) is 159 cm³/mol. The summed E-state index contributed by atoms with van der Waals surface area (Å²) in [4.78, 5) is 21.4. The molecule has 2 aromatic heterocycles. The number of imidazole rings is 1. The number of carboxylic acids is 1. The summed E-state index contributed by atoms with van der Waals surface area (Å²) in [6, 6.07) is 25.7. The van der Waals surface area contributed by atoms with Crippen molar-refractivity contribution < 1.29 is 19.7 Å². The van der Waals surface area contributed by atoms with Crippen molar-refractivity contribution in [3.8, 4) is 5.75 Å². The fourth-order valence-corrected chi connectivity index (χ4v) is 4.87. The highest BCUT2D eigenvalue weighted by Crippen LogP contribution is 2.26. The molecular weight excluding hydrogens is 516 g/mol. The molecule has 3 aromatic carbocycles. The molecule has 210 valence electrons. The number of rotatable bonds is 12. The molecule has 0 saturated heterocycles. The van der Waals surface area contributed by atoms with Gasteiger partial charge in [-0.1, -0.05) is 48.5 Å². The third-order valence-corrected chi connectivity index (χ3v) is 6.97. The minimum Gasteiger partial charge on any atom is -0.487 e. The molecule has 0 aliphatic heterocycles. The van der Waals surface area contributed by atoms with E-state index in [1.165, 1.54) is 0 Å². The molecule has 3 N–H and O–H groups in total. The topological polar surface area (TPSA) is 110 Å². The molecule has 0 fully saturated rings. The highest BCUT2D eigenvalue weighted by molar-refractivity contribution is 5.90. The van der Waals surface area contributed by atoms with Gasteiger partial charge in [-0.3, -0.25) is 4.98 Å². The van der Waals surface area contributed by atoms with Crippen molar-refractivity contribution >= 4 is 22.7 Å². The normalized spacial score (nSPS) is 11.1. The number of pyridine rings is 1. The molecule has 41 heavy (non-hydrogen) atoms. The van der Waals surface area contributed by atoms with Gasteiger partial charge in [0.15, 0.2) is 0 Å². The Kier molecular flexibility index (Phi) is 8.60. The second kappa shape index (κ2) is 12.7. The lowest BCUT2D eigenvalue weighted by atomic mass is 10.0. The van der Waals surface area contributed by atoms with Crippen LogP contribution in [-0.4, -0.2) is 37.3 Å². The Hall–Kier alpha value is -4.69. The first kappa shape index (κ1) is 27.9. The zero-order valence-corrected chi connectivity index (χ0v) is 23.3. The number of carbonyl (C=O) groups is 1. The van der Waals surface area contributed by atoms with Crippen LogP contribution in [-0.2, 0) is 26.1 Å². The van der Waals surface area contributed by atoms with Crippen LogP contribution < -0.4 is 10.1 Å². The minimum absolute atomic E-state index is 0.0487. The number of aryl methyl sites for hydroxylation is 3. The van der Waals surface area contributed by atoms with Gasteiger partial charge in [-0.05, 0) is 79.3 Å². The van der Waals surface area contributed by atoms with Gasteiger partial charge < -0.3 is 24.8 Å². The van der Waals surface area contributed by atoms with Crippen molar-refractivity contribution in [2.24, 2.45) is 0 Å². The Balaban J connectivity index is 1.44. The molecule has 5 aromatic rings. The Bertz CT molecular complexity index is 1660. The van der Waals surface area contributed by atoms with Gasteiger partial charge in [-0.25, -0.2) is 9.78 Å². The monoisotopic (exact) mass is 550 g/mol. The molecule has 8 nitrogen and oxygen atoms in total. The molecule has 0 aliphatic carbocycles. The average molecular weight is 551 g/mol. The van der Waals surface area contributed by atoms with Gasteiger partial charge in [0.1, 0.15) is 18.1 Å². The largest absolute Gasteiger partial charge is 0.487 e. The van der Waals surface area contributed by atoms with Crippen molar-refractivity contribution in [3.05, 3.63) is 118 Å². The molecule has 0 spiro atoms. The van der Waals surface area contributed by atoms with Gasteiger partial charge in [0.2, 0.25) is 5.82 Å². The third kappa shape index (κ3) is 6.73. The maximum Gasteiger partial charge on any atom is 0.372 e. The summed E-state index contributed by atoms with van der Waals surface area (Å²) in [5.41, 5.74) is 8.11. The van der Waals surface area contributed by atoms with Gasteiger partial charge in [0, 0.05) is 24.5 Å². The van der Waals surface area contributed by atoms with E-state index in [-0.39, 0.29) is 19.0 Å². The molecule has 0 radical (unpaired) electrons. The van der Waals surface area contributed by atoms with Crippen molar-refractivity contribution in [1.29, 1.82) is 0 Å². The van der Waals surface area contributed by atoms with E-state index in [0.29, 0.717) is 42.0 Å². The van der Waals surface area contributed by atoms with E-state index in [2.05, 4.69) is 35.4 Å². The van der Waals surface area contributed by atoms with Gasteiger partial charge >= 0.3 is 5.97 Å². The summed E-state index contributed by atoms with van der Waals surface area (Å²) in [6.45, 7) is 5.23. The number of nitrogens with zero attached hydrogens (tertiary/aromatic N) is 3. The first-order valence-corrected chi connectivity index (χ1v) is 13.7. The molecule has 8 heteroatoms. The SMILES string of the molecule is Cc1ccc(CCCO)c(NCc2ccc3nc(C(=O)O)n(Cc4nc(C)ccc4OCc4ccccc4)c3c2)c1. The number of anilines is 1. The molecule has 0 amide bonds. The zero-order valence-electron chi connectivity index (χ0n) is 23.3. The van der Waals surface area contributed by atoms with Gasteiger partial charge in [0.25, 0.3) is 0 Å². The van der Waals surface area contributed by atoms with E-state index in [0.717, 1.165) is 40.1 Å². The summed E-state index contributed by atoms with van der Waals surface area (Å²) in [7, 11) is 0. The number of carboxylic acid groups (broad SMARTS) is 1. The van der Waals surface area contributed by atoms with Gasteiger partial charge in [-0.15, -0.1) is 0 Å². The van der Waals surface area contributed by atoms with E-state index in [9.17, 15) is 15.0 Å². The van der Waals surface area contributed by atoms with Crippen LogP contribution in [0.5, 0.6) is 5.75 Å². The Morgan fingerprint density at radius 3 is 2.56 bits per heavy atom. The lowest BCUT2D eigenvalue weighted by Gasteiger charge is -2.15. The number of aliphatic hydroxyl groups is 1. The fourth-order valence-electron chi connectivity index (χ4n) is 4.87. The van der Waals surface area contributed by atoms with E-state index < -0.39 is 5.97 Å². The first-order chi connectivity index (χ1) is 19.9. The second-order valence-electron chi connectivity index (χ2n) is 10.2. The number of aromatic nitrogens is 3. The van der Waals surface area contributed by atoms with Crippen LogP contribution in [0.25, 0.3) is 11.0 Å². The number of nitrogens with one attached hydrogen (secondary N) is 1. The summed E-state index contributed by atoms with van der Waals surface area (Å²) >= 11 is 0. The molecule has 2 heterocycles. The standard InChI is InChI=1S/C33H34N4O4/c1-22-10-13-26(9-6-16-38)28(17-22)34-19-25-12-14-27-30(18-25)37(32(36-27)33(39)40)20-29-31(15-11-23(2)35-29)41-21-24-7-4-3-5-8-24/h3-5,7-8,10-15,17-18,34,38H,6,9,16,19-21H2,1-2H3,(H,39,40). The van der Waals surface area contributed by atoms with Crippen LogP contribution in [0.4, 0.5) is 5.69 Å². The van der Waals surface area contributed by atoms with Crippen LogP contribution in [0.1, 0.15) is 50.7 Å². The van der Waals surface area contributed by atoms with Crippen LogP contribution in [0.15, 0.2) is 78.9 Å². The Labute approximate surface area is 239 Å². The van der Waals surface area contributed by atoms with Gasteiger partial charge in [-0.2, -0.15) is 0 Å². The van der Waals surface area contributed by atoms with Crippen LogP contribution in [0.3, 0.4) is 0 Å². The van der Waals surface area contributed by atoms with Crippen LogP contribution >= 0.6 is 0 Å². The lowest BCUT2D eigenvalue weighted by molar-refractivity contribution is 0.0679. The van der Waals surface area contributed by atoms with Crippen molar-refractivity contribution in [3.63, 3.8) is 0 Å². The number of hydrogen-bond donors (Lipinski definition) is 3. The van der Waals surface area contributed by atoms with Crippen molar-refractivity contribution in [2.75, 3.05) is 11.9 Å².